The summed E-state index contributed by atoms with van der Waals surface area (Å²) in [7, 11) is -3.67. The summed E-state index contributed by atoms with van der Waals surface area (Å²) in [5.41, 5.74) is 1.08. The van der Waals surface area contributed by atoms with Crippen LogP contribution >= 0.6 is 15.9 Å². The van der Waals surface area contributed by atoms with E-state index in [0.29, 0.717) is 22.9 Å². The van der Waals surface area contributed by atoms with Crippen LogP contribution in [0.3, 0.4) is 0 Å². The van der Waals surface area contributed by atoms with Crippen LogP contribution in [0.25, 0.3) is 23.1 Å². The summed E-state index contributed by atoms with van der Waals surface area (Å²) in [6.07, 6.45) is 1.52. The van der Waals surface area contributed by atoms with Crippen LogP contribution in [0.2, 0.25) is 0 Å². The minimum absolute atomic E-state index is 0.176. The second kappa shape index (κ2) is 7.01. The standard InChI is InChI=1S/C18H12BrN3O4S/c19-13-5-9-15(10-6-13)27(23,24)22-14-7-3-12(4-8-14)17-20-21-18(26-17)16-2-1-11-25-16/h1-11,22H. The molecule has 2 heterocycles. The van der Waals surface area contributed by atoms with Crippen LogP contribution in [-0.4, -0.2) is 18.6 Å². The SMILES string of the molecule is O=S(=O)(Nc1ccc(-c2nnc(-c3ccco3)o2)cc1)c1ccc(Br)cc1. The molecule has 0 aliphatic rings. The molecule has 0 aliphatic carbocycles. The van der Waals surface area contributed by atoms with E-state index in [0.717, 1.165) is 4.47 Å². The van der Waals surface area contributed by atoms with E-state index in [1.54, 1.807) is 48.5 Å². The molecule has 0 amide bonds. The van der Waals surface area contributed by atoms with E-state index < -0.39 is 10.0 Å². The van der Waals surface area contributed by atoms with E-state index in [2.05, 4.69) is 30.8 Å². The third kappa shape index (κ3) is 3.79. The maximum atomic E-state index is 12.4. The number of anilines is 1. The van der Waals surface area contributed by atoms with Gasteiger partial charge < -0.3 is 8.83 Å². The van der Waals surface area contributed by atoms with Gasteiger partial charge in [0.05, 0.1) is 11.2 Å². The van der Waals surface area contributed by atoms with E-state index in [9.17, 15) is 8.42 Å². The van der Waals surface area contributed by atoms with Gasteiger partial charge in [0.25, 0.3) is 15.9 Å². The fourth-order valence-electron chi connectivity index (χ4n) is 2.35. The Hall–Kier alpha value is -2.91. The zero-order valence-electron chi connectivity index (χ0n) is 13.7. The fraction of sp³-hybridized carbons (Fsp3) is 0. The molecule has 1 N–H and O–H groups in total. The molecule has 0 unspecified atom stereocenters. The lowest BCUT2D eigenvalue weighted by molar-refractivity contribution is 0.523. The van der Waals surface area contributed by atoms with Crippen molar-refractivity contribution < 1.29 is 17.3 Å². The summed E-state index contributed by atoms with van der Waals surface area (Å²) < 4.78 is 39.0. The molecule has 4 aromatic rings. The van der Waals surface area contributed by atoms with Crippen LogP contribution in [0.4, 0.5) is 5.69 Å². The van der Waals surface area contributed by atoms with Crippen molar-refractivity contribution in [1.82, 2.24) is 10.2 Å². The van der Waals surface area contributed by atoms with E-state index >= 15 is 0 Å². The molecule has 0 spiro atoms. The molecular weight excluding hydrogens is 434 g/mol. The Bertz CT molecular complexity index is 1150. The van der Waals surface area contributed by atoms with Gasteiger partial charge in [-0.15, -0.1) is 10.2 Å². The third-order valence-electron chi connectivity index (χ3n) is 3.66. The smallest absolute Gasteiger partial charge is 0.283 e. The Morgan fingerprint density at radius 2 is 1.59 bits per heavy atom. The minimum Gasteiger partial charge on any atom is -0.459 e. The van der Waals surface area contributed by atoms with Crippen molar-refractivity contribution in [2.75, 3.05) is 4.72 Å². The first-order chi connectivity index (χ1) is 13.0. The van der Waals surface area contributed by atoms with Crippen molar-refractivity contribution >= 4 is 31.6 Å². The Kier molecular flexibility index (Phi) is 4.54. The number of nitrogens with zero attached hydrogens (tertiary/aromatic N) is 2. The van der Waals surface area contributed by atoms with E-state index in [-0.39, 0.29) is 10.8 Å². The second-order valence-electron chi connectivity index (χ2n) is 5.53. The molecule has 136 valence electrons. The summed E-state index contributed by atoms with van der Waals surface area (Å²) in [5.74, 6) is 1.06. The van der Waals surface area contributed by atoms with E-state index in [1.807, 2.05) is 0 Å². The zero-order chi connectivity index (χ0) is 18.9. The normalized spacial score (nSPS) is 11.4. The molecule has 4 rings (SSSR count). The fourth-order valence-corrected chi connectivity index (χ4v) is 3.67. The average molecular weight is 446 g/mol. The Balaban J connectivity index is 1.53. The number of aromatic nitrogens is 2. The van der Waals surface area contributed by atoms with Gasteiger partial charge in [-0.05, 0) is 60.7 Å². The molecule has 7 nitrogen and oxygen atoms in total. The number of hydrogen-bond donors (Lipinski definition) is 1. The number of rotatable bonds is 5. The Labute approximate surface area is 163 Å². The predicted molar refractivity (Wildman–Crippen MR) is 102 cm³/mol. The largest absolute Gasteiger partial charge is 0.459 e. The van der Waals surface area contributed by atoms with E-state index in [4.69, 9.17) is 8.83 Å². The highest BCUT2D eigenvalue weighted by Crippen LogP contribution is 2.26. The second-order valence-corrected chi connectivity index (χ2v) is 8.12. The van der Waals surface area contributed by atoms with Crippen LogP contribution in [0, 0.1) is 0 Å². The summed E-state index contributed by atoms with van der Waals surface area (Å²) in [6.45, 7) is 0. The van der Waals surface area contributed by atoms with Crippen molar-refractivity contribution in [2.45, 2.75) is 4.90 Å². The van der Waals surface area contributed by atoms with Gasteiger partial charge >= 0.3 is 0 Å². The van der Waals surface area contributed by atoms with Crippen molar-refractivity contribution in [3.63, 3.8) is 0 Å². The first-order valence-corrected chi connectivity index (χ1v) is 10.1. The monoisotopic (exact) mass is 445 g/mol. The third-order valence-corrected chi connectivity index (χ3v) is 5.59. The maximum Gasteiger partial charge on any atom is 0.283 e. The molecule has 0 bridgehead atoms. The predicted octanol–water partition coefficient (Wildman–Crippen LogP) is 4.56. The summed E-state index contributed by atoms with van der Waals surface area (Å²) in [6, 6.07) is 16.5. The quantitative estimate of drug-likeness (QED) is 0.483. The summed E-state index contributed by atoms with van der Waals surface area (Å²) in [4.78, 5) is 0.176. The van der Waals surface area contributed by atoms with Gasteiger partial charge in [0.2, 0.25) is 5.89 Å². The summed E-state index contributed by atoms with van der Waals surface area (Å²) >= 11 is 3.28. The minimum atomic E-state index is -3.67. The van der Waals surface area contributed by atoms with Gasteiger partial charge in [-0.1, -0.05) is 15.9 Å². The molecule has 9 heteroatoms. The number of furan rings is 1. The number of halogens is 1. The lowest BCUT2D eigenvalue weighted by Crippen LogP contribution is -2.12. The molecule has 2 aromatic carbocycles. The number of nitrogens with one attached hydrogen (secondary N) is 1. The van der Waals surface area contributed by atoms with Crippen LogP contribution in [-0.2, 0) is 10.0 Å². The topological polar surface area (TPSA) is 98.2 Å². The Morgan fingerprint density at radius 3 is 2.26 bits per heavy atom. The molecule has 0 aliphatic heterocycles. The Morgan fingerprint density at radius 1 is 0.889 bits per heavy atom. The van der Waals surface area contributed by atoms with Crippen molar-refractivity contribution in [2.24, 2.45) is 0 Å². The van der Waals surface area contributed by atoms with Crippen molar-refractivity contribution in [3.8, 4) is 23.1 Å². The van der Waals surface area contributed by atoms with Crippen LogP contribution < -0.4 is 4.72 Å². The van der Waals surface area contributed by atoms with Crippen LogP contribution in [0.15, 0.2) is 85.1 Å². The molecule has 0 atom stereocenters. The molecule has 0 saturated heterocycles. The van der Waals surface area contributed by atoms with Gasteiger partial charge in [-0.3, -0.25) is 4.72 Å². The van der Waals surface area contributed by atoms with Gasteiger partial charge in [-0.25, -0.2) is 8.42 Å². The molecule has 27 heavy (non-hydrogen) atoms. The highest BCUT2D eigenvalue weighted by molar-refractivity contribution is 9.10. The average Bonchev–Trinajstić information content (AvgIpc) is 3.34. The maximum absolute atomic E-state index is 12.4. The highest BCUT2D eigenvalue weighted by atomic mass is 79.9. The molecule has 0 saturated carbocycles. The molecule has 0 fully saturated rings. The van der Waals surface area contributed by atoms with Crippen molar-refractivity contribution in [3.05, 3.63) is 71.4 Å². The first-order valence-electron chi connectivity index (χ1n) is 7.77. The lowest BCUT2D eigenvalue weighted by atomic mass is 10.2. The van der Waals surface area contributed by atoms with Gasteiger partial charge in [0.15, 0.2) is 5.76 Å². The first kappa shape index (κ1) is 17.5. The number of benzene rings is 2. The van der Waals surface area contributed by atoms with Gasteiger partial charge in [0.1, 0.15) is 0 Å². The molecule has 0 radical (unpaired) electrons. The zero-order valence-corrected chi connectivity index (χ0v) is 16.1. The number of hydrogen-bond acceptors (Lipinski definition) is 6. The van der Waals surface area contributed by atoms with Crippen LogP contribution in [0.5, 0.6) is 0 Å². The van der Waals surface area contributed by atoms with E-state index in [1.165, 1.54) is 18.4 Å². The lowest BCUT2D eigenvalue weighted by Gasteiger charge is -2.08. The highest BCUT2D eigenvalue weighted by Gasteiger charge is 2.15. The van der Waals surface area contributed by atoms with Crippen molar-refractivity contribution in [1.29, 1.82) is 0 Å². The number of sulfonamides is 1. The molecular formula is C18H12BrN3O4S. The van der Waals surface area contributed by atoms with Gasteiger partial charge in [-0.2, -0.15) is 0 Å². The van der Waals surface area contributed by atoms with Gasteiger partial charge in [0, 0.05) is 15.7 Å². The van der Waals surface area contributed by atoms with Crippen LogP contribution in [0.1, 0.15) is 0 Å². The molecule has 2 aromatic heterocycles. The summed E-state index contributed by atoms with van der Waals surface area (Å²) in [5, 5.41) is 7.92.